The number of carbonyl (C=O) groups is 1. The fourth-order valence-corrected chi connectivity index (χ4v) is 3.60. The molecule has 0 aliphatic carbocycles. The molecule has 2 unspecified atom stereocenters. The lowest BCUT2D eigenvalue weighted by molar-refractivity contribution is 0.0932. The van der Waals surface area contributed by atoms with Gasteiger partial charge in [-0.1, -0.05) is 12.1 Å². The highest BCUT2D eigenvalue weighted by molar-refractivity contribution is 7.89. The minimum absolute atomic E-state index is 0.0564. The summed E-state index contributed by atoms with van der Waals surface area (Å²) in [6, 6.07) is 9.97. The van der Waals surface area contributed by atoms with Crippen LogP contribution in [0, 0.1) is 5.82 Å². The van der Waals surface area contributed by atoms with E-state index in [1.165, 1.54) is 31.4 Å². The zero-order chi connectivity index (χ0) is 19.6. The largest absolute Gasteiger partial charge is 0.495 e. The third-order valence-electron chi connectivity index (χ3n) is 4.19. The van der Waals surface area contributed by atoms with Crippen molar-refractivity contribution >= 4 is 15.9 Å². The van der Waals surface area contributed by atoms with Crippen molar-refractivity contribution in [3.63, 3.8) is 0 Å². The van der Waals surface area contributed by atoms with E-state index < -0.39 is 22.1 Å². The van der Waals surface area contributed by atoms with Crippen LogP contribution in [0.2, 0.25) is 0 Å². The average Bonchev–Trinajstić information content (AvgIpc) is 3.09. The second kappa shape index (κ2) is 7.61. The Labute approximate surface area is 155 Å². The number of carbonyl (C=O) groups excluding carboxylic acids is 1. The summed E-state index contributed by atoms with van der Waals surface area (Å²) < 4.78 is 41.7. The fourth-order valence-electron chi connectivity index (χ4n) is 2.87. The van der Waals surface area contributed by atoms with Crippen LogP contribution in [0.1, 0.15) is 28.4 Å². The molecular formula is C17H19FN4O4S. The number of hydrazine groups is 1. The number of hydrogen-bond donors (Lipinski definition) is 4. The van der Waals surface area contributed by atoms with Gasteiger partial charge in [0.1, 0.15) is 16.5 Å². The van der Waals surface area contributed by atoms with Crippen LogP contribution in [0.25, 0.3) is 0 Å². The number of halogens is 1. The van der Waals surface area contributed by atoms with Crippen LogP contribution < -0.4 is 26.0 Å². The van der Waals surface area contributed by atoms with Crippen molar-refractivity contribution < 1.29 is 22.3 Å². The Morgan fingerprint density at radius 1 is 1.26 bits per heavy atom. The van der Waals surface area contributed by atoms with Crippen molar-refractivity contribution in [2.24, 2.45) is 5.14 Å². The molecule has 1 heterocycles. The monoisotopic (exact) mass is 394 g/mol. The van der Waals surface area contributed by atoms with Gasteiger partial charge in [-0.25, -0.2) is 28.8 Å². The fraction of sp³-hybridized carbons (Fsp3) is 0.235. The topological polar surface area (TPSA) is 123 Å². The molecule has 1 amide bonds. The molecule has 8 nitrogen and oxygen atoms in total. The molecule has 5 N–H and O–H groups in total. The Bertz CT molecular complexity index is 967. The third kappa shape index (κ3) is 4.42. The summed E-state index contributed by atoms with van der Waals surface area (Å²) in [7, 11) is -2.74. The summed E-state index contributed by atoms with van der Waals surface area (Å²) in [5, 5.41) is 7.91. The number of nitrogens with two attached hydrogens (primary N) is 1. The van der Waals surface area contributed by atoms with Gasteiger partial charge in [-0.15, -0.1) is 0 Å². The van der Waals surface area contributed by atoms with Crippen molar-refractivity contribution in [1.29, 1.82) is 0 Å². The van der Waals surface area contributed by atoms with E-state index in [1.807, 2.05) is 0 Å². The number of rotatable bonds is 5. The first-order chi connectivity index (χ1) is 12.8. The second-order valence-corrected chi connectivity index (χ2v) is 7.60. The first-order valence-corrected chi connectivity index (χ1v) is 9.61. The zero-order valence-corrected chi connectivity index (χ0v) is 15.2. The number of benzene rings is 2. The minimum atomic E-state index is -4.05. The van der Waals surface area contributed by atoms with Crippen molar-refractivity contribution in [3.05, 3.63) is 59.4 Å². The van der Waals surface area contributed by atoms with Gasteiger partial charge in [0.15, 0.2) is 0 Å². The maximum Gasteiger partial charge on any atom is 0.252 e. The summed E-state index contributed by atoms with van der Waals surface area (Å²) in [5.41, 5.74) is 6.79. The minimum Gasteiger partial charge on any atom is -0.495 e. The molecular weight excluding hydrogens is 375 g/mol. The smallest absolute Gasteiger partial charge is 0.252 e. The number of ether oxygens (including phenoxy) is 1. The van der Waals surface area contributed by atoms with Crippen LogP contribution >= 0.6 is 0 Å². The van der Waals surface area contributed by atoms with Gasteiger partial charge in [-0.2, -0.15) is 0 Å². The molecule has 1 saturated heterocycles. The Morgan fingerprint density at radius 3 is 2.70 bits per heavy atom. The van der Waals surface area contributed by atoms with Crippen LogP contribution in [0.4, 0.5) is 4.39 Å². The molecule has 0 bridgehead atoms. The quantitative estimate of drug-likeness (QED) is 0.594. The lowest BCUT2D eigenvalue weighted by atomic mass is 10.0. The molecule has 2 aromatic carbocycles. The van der Waals surface area contributed by atoms with Gasteiger partial charge in [0.05, 0.1) is 13.3 Å². The molecule has 1 aliphatic rings. The van der Waals surface area contributed by atoms with Crippen molar-refractivity contribution in [3.8, 4) is 5.75 Å². The molecule has 2 aromatic rings. The zero-order valence-electron chi connectivity index (χ0n) is 14.4. The van der Waals surface area contributed by atoms with E-state index in [2.05, 4.69) is 16.2 Å². The predicted octanol–water partition coefficient (Wildman–Crippen LogP) is 0.777. The molecule has 27 heavy (non-hydrogen) atoms. The molecule has 1 aliphatic heterocycles. The van der Waals surface area contributed by atoms with Gasteiger partial charge in [0.25, 0.3) is 5.91 Å². The first kappa shape index (κ1) is 19.2. The highest BCUT2D eigenvalue weighted by Gasteiger charge is 2.27. The van der Waals surface area contributed by atoms with E-state index in [-0.39, 0.29) is 28.1 Å². The van der Waals surface area contributed by atoms with Gasteiger partial charge >= 0.3 is 0 Å². The van der Waals surface area contributed by atoms with Crippen molar-refractivity contribution in [2.75, 3.05) is 7.11 Å². The van der Waals surface area contributed by atoms with Crippen LogP contribution in [0.15, 0.2) is 47.4 Å². The lowest BCUT2D eigenvalue weighted by Crippen LogP contribution is -2.44. The van der Waals surface area contributed by atoms with Gasteiger partial charge in [0.2, 0.25) is 10.0 Å². The molecule has 1 fully saturated rings. The Kier molecular flexibility index (Phi) is 5.42. The summed E-state index contributed by atoms with van der Waals surface area (Å²) >= 11 is 0. The number of sulfonamides is 1. The predicted molar refractivity (Wildman–Crippen MR) is 95.7 cm³/mol. The first-order valence-electron chi connectivity index (χ1n) is 8.06. The molecule has 144 valence electrons. The van der Waals surface area contributed by atoms with E-state index in [0.717, 1.165) is 11.6 Å². The number of methoxy groups -OCH3 is 1. The van der Waals surface area contributed by atoms with E-state index in [1.54, 1.807) is 12.1 Å². The average molecular weight is 394 g/mol. The molecule has 0 spiro atoms. The number of primary sulfonamides is 1. The van der Waals surface area contributed by atoms with E-state index in [4.69, 9.17) is 9.88 Å². The molecule has 10 heteroatoms. The lowest BCUT2D eigenvalue weighted by Gasteiger charge is -2.14. The Balaban J connectivity index is 1.71. The molecule has 0 saturated carbocycles. The SMILES string of the molecule is COc1ccc(C(=O)NC2CC(c3cccc(F)c3)NN2)cc1S(N)(=O)=O. The molecule has 2 atom stereocenters. The summed E-state index contributed by atoms with van der Waals surface area (Å²) in [4.78, 5) is 12.2. The Hall–Kier alpha value is -2.53. The van der Waals surface area contributed by atoms with E-state index in [9.17, 15) is 17.6 Å². The van der Waals surface area contributed by atoms with Gasteiger partial charge in [-0.05, 0) is 35.9 Å². The van der Waals surface area contributed by atoms with E-state index in [0.29, 0.717) is 6.42 Å². The summed E-state index contributed by atoms with van der Waals surface area (Å²) in [6.45, 7) is 0. The standard InChI is InChI=1S/C17H19FN4O4S/c1-26-14-6-5-11(8-15(14)27(19,24)25)17(23)20-16-9-13(21-22-16)10-3-2-4-12(18)7-10/h2-8,13,16,21-22H,9H2,1H3,(H,20,23)(H2,19,24,25). The highest BCUT2D eigenvalue weighted by Crippen LogP contribution is 2.25. The van der Waals surface area contributed by atoms with Crippen LogP contribution in [0.3, 0.4) is 0 Å². The third-order valence-corrected chi connectivity index (χ3v) is 5.12. The van der Waals surface area contributed by atoms with Gasteiger partial charge in [-0.3, -0.25) is 4.79 Å². The van der Waals surface area contributed by atoms with Crippen LogP contribution in [0.5, 0.6) is 5.75 Å². The number of nitrogens with one attached hydrogen (secondary N) is 3. The number of amides is 1. The number of hydrogen-bond acceptors (Lipinski definition) is 6. The van der Waals surface area contributed by atoms with Crippen LogP contribution in [-0.4, -0.2) is 27.6 Å². The molecule has 0 radical (unpaired) electrons. The Morgan fingerprint density at radius 2 is 2.04 bits per heavy atom. The highest BCUT2D eigenvalue weighted by atomic mass is 32.2. The maximum atomic E-state index is 13.4. The van der Waals surface area contributed by atoms with Gasteiger partial charge in [0, 0.05) is 18.0 Å². The normalized spacial score (nSPS) is 19.7. The molecule has 3 rings (SSSR count). The van der Waals surface area contributed by atoms with Gasteiger partial charge < -0.3 is 10.1 Å². The molecule has 0 aromatic heterocycles. The van der Waals surface area contributed by atoms with E-state index >= 15 is 0 Å². The van der Waals surface area contributed by atoms with Crippen molar-refractivity contribution in [2.45, 2.75) is 23.5 Å². The summed E-state index contributed by atoms with van der Waals surface area (Å²) in [5.74, 6) is -0.766. The van der Waals surface area contributed by atoms with Crippen LogP contribution in [-0.2, 0) is 10.0 Å². The maximum absolute atomic E-state index is 13.4. The van der Waals surface area contributed by atoms with Crippen molar-refractivity contribution in [1.82, 2.24) is 16.2 Å². The second-order valence-electron chi connectivity index (χ2n) is 6.07. The summed E-state index contributed by atoms with van der Waals surface area (Å²) in [6.07, 6.45) is 0.0544.